The number of rotatable bonds is 1. The fourth-order valence-electron chi connectivity index (χ4n) is 1.24. The fraction of sp³-hybridized carbons (Fsp3) is 0.100. The summed E-state index contributed by atoms with van der Waals surface area (Å²) in [7, 11) is 0. The molecule has 0 aliphatic carbocycles. The Balaban J connectivity index is 2.76. The average Bonchev–Trinajstić information content (AvgIpc) is 2.62. The van der Waals surface area contributed by atoms with Crippen LogP contribution in [-0.4, -0.2) is 6.26 Å². The standard InChI is InChI=1S/C10H6INS2/c1-13-9-4-7-8(14-9)3-2-6(5-12)10(7)11/h2-4H,1H3. The van der Waals surface area contributed by atoms with Crippen LogP contribution >= 0.6 is 45.7 Å². The highest BCUT2D eigenvalue weighted by atomic mass is 127. The number of nitriles is 1. The first-order chi connectivity index (χ1) is 6.76. The van der Waals surface area contributed by atoms with Gasteiger partial charge in [0.2, 0.25) is 0 Å². The molecule has 0 unspecified atom stereocenters. The molecule has 0 radical (unpaired) electrons. The highest BCUT2D eigenvalue weighted by Gasteiger charge is 2.07. The quantitative estimate of drug-likeness (QED) is 0.580. The van der Waals surface area contributed by atoms with Crippen LogP contribution in [0.1, 0.15) is 5.56 Å². The Labute approximate surface area is 104 Å². The molecule has 0 saturated carbocycles. The minimum atomic E-state index is 0.767. The number of hydrogen-bond donors (Lipinski definition) is 0. The lowest BCUT2D eigenvalue weighted by Gasteiger charge is -1.95. The molecular formula is C10H6INS2. The van der Waals surface area contributed by atoms with Gasteiger partial charge in [0.25, 0.3) is 0 Å². The van der Waals surface area contributed by atoms with Crippen molar-refractivity contribution in [1.29, 1.82) is 5.26 Å². The molecule has 2 rings (SSSR count). The summed E-state index contributed by atoms with van der Waals surface area (Å²) in [4.78, 5) is 0. The van der Waals surface area contributed by atoms with Crippen LogP contribution in [0.5, 0.6) is 0 Å². The second-order valence-corrected chi connectivity index (χ2v) is 5.99. The molecule has 0 bridgehead atoms. The van der Waals surface area contributed by atoms with E-state index in [1.807, 2.05) is 12.1 Å². The van der Waals surface area contributed by atoms with Gasteiger partial charge in [0.15, 0.2) is 0 Å². The van der Waals surface area contributed by atoms with Crippen LogP contribution in [0.3, 0.4) is 0 Å². The molecule has 0 saturated heterocycles. The smallest absolute Gasteiger partial charge is 0.100 e. The van der Waals surface area contributed by atoms with E-state index in [1.165, 1.54) is 14.3 Å². The molecule has 0 N–H and O–H groups in total. The van der Waals surface area contributed by atoms with Gasteiger partial charge < -0.3 is 0 Å². The van der Waals surface area contributed by atoms with Crippen molar-refractivity contribution in [2.45, 2.75) is 4.21 Å². The first-order valence-corrected chi connectivity index (χ1v) is 7.04. The largest absolute Gasteiger partial charge is 0.192 e. The lowest BCUT2D eigenvalue weighted by atomic mass is 10.2. The summed E-state index contributed by atoms with van der Waals surface area (Å²) in [6.07, 6.45) is 2.07. The molecule has 1 heterocycles. The maximum absolute atomic E-state index is 8.89. The molecule has 0 spiro atoms. The van der Waals surface area contributed by atoms with Gasteiger partial charge in [-0.05, 0) is 47.0 Å². The van der Waals surface area contributed by atoms with Gasteiger partial charge in [0, 0.05) is 13.7 Å². The van der Waals surface area contributed by atoms with Gasteiger partial charge in [-0.25, -0.2) is 0 Å². The topological polar surface area (TPSA) is 23.8 Å². The Bertz CT molecular complexity index is 525. The molecule has 70 valence electrons. The van der Waals surface area contributed by atoms with Gasteiger partial charge in [0.1, 0.15) is 6.07 Å². The molecule has 0 aliphatic heterocycles. The van der Waals surface area contributed by atoms with Crippen LogP contribution in [0.2, 0.25) is 0 Å². The summed E-state index contributed by atoms with van der Waals surface area (Å²) >= 11 is 5.77. The number of halogens is 1. The van der Waals surface area contributed by atoms with Crippen molar-refractivity contribution in [2.75, 3.05) is 6.26 Å². The third-order valence-corrected chi connectivity index (χ3v) is 5.26. The van der Waals surface area contributed by atoms with Gasteiger partial charge in [-0.2, -0.15) is 5.26 Å². The van der Waals surface area contributed by atoms with Crippen LogP contribution in [0.25, 0.3) is 10.1 Å². The maximum atomic E-state index is 8.89. The van der Waals surface area contributed by atoms with Crippen molar-refractivity contribution in [3.63, 3.8) is 0 Å². The molecular weight excluding hydrogens is 325 g/mol. The molecule has 14 heavy (non-hydrogen) atoms. The minimum absolute atomic E-state index is 0.767. The number of fused-ring (bicyclic) bond motifs is 1. The molecule has 0 aliphatic rings. The summed E-state index contributed by atoms with van der Waals surface area (Å²) in [5.41, 5.74) is 0.767. The predicted octanol–water partition coefficient (Wildman–Crippen LogP) is 4.10. The first-order valence-electron chi connectivity index (χ1n) is 3.92. The Morgan fingerprint density at radius 1 is 1.50 bits per heavy atom. The van der Waals surface area contributed by atoms with Gasteiger partial charge in [-0.1, -0.05) is 0 Å². The zero-order chi connectivity index (χ0) is 10.1. The zero-order valence-corrected chi connectivity index (χ0v) is 11.2. The first kappa shape index (κ1) is 10.3. The minimum Gasteiger partial charge on any atom is -0.192 e. The second kappa shape index (κ2) is 4.09. The number of hydrogen-bond acceptors (Lipinski definition) is 3. The molecule has 0 amide bonds. The van der Waals surface area contributed by atoms with E-state index in [0.29, 0.717) is 0 Å². The number of thiophene rings is 1. The van der Waals surface area contributed by atoms with Crippen LogP contribution in [0.4, 0.5) is 0 Å². The van der Waals surface area contributed by atoms with Crippen molar-refractivity contribution in [1.82, 2.24) is 0 Å². The van der Waals surface area contributed by atoms with E-state index in [-0.39, 0.29) is 0 Å². The molecule has 4 heteroatoms. The summed E-state index contributed by atoms with van der Waals surface area (Å²) in [5.74, 6) is 0. The van der Waals surface area contributed by atoms with Crippen molar-refractivity contribution < 1.29 is 0 Å². The number of benzene rings is 1. The van der Waals surface area contributed by atoms with Gasteiger partial charge in [-0.15, -0.1) is 23.1 Å². The Morgan fingerprint density at radius 2 is 2.29 bits per heavy atom. The number of thioether (sulfide) groups is 1. The summed E-state index contributed by atoms with van der Waals surface area (Å²) in [6, 6.07) is 8.29. The van der Waals surface area contributed by atoms with Gasteiger partial charge in [0.05, 0.1) is 9.77 Å². The van der Waals surface area contributed by atoms with Crippen LogP contribution < -0.4 is 0 Å². The van der Waals surface area contributed by atoms with Gasteiger partial charge >= 0.3 is 0 Å². The third kappa shape index (κ3) is 1.64. The molecule has 1 aromatic carbocycles. The molecule has 2 aromatic rings. The van der Waals surface area contributed by atoms with E-state index in [0.717, 1.165) is 9.13 Å². The summed E-state index contributed by atoms with van der Waals surface area (Å²) in [5, 5.41) is 10.1. The average molecular weight is 331 g/mol. The Hall–Kier alpha value is -0.250. The summed E-state index contributed by atoms with van der Waals surface area (Å²) in [6.45, 7) is 0. The lowest BCUT2D eigenvalue weighted by Crippen LogP contribution is -1.80. The van der Waals surface area contributed by atoms with Crippen molar-refractivity contribution >= 4 is 55.8 Å². The Kier molecular flexibility index (Phi) is 3.00. The second-order valence-electron chi connectivity index (χ2n) is 2.72. The summed E-state index contributed by atoms with van der Waals surface area (Å²) < 4.78 is 3.63. The number of nitrogens with zero attached hydrogens (tertiary/aromatic N) is 1. The predicted molar refractivity (Wildman–Crippen MR) is 71.0 cm³/mol. The van der Waals surface area contributed by atoms with E-state index >= 15 is 0 Å². The monoisotopic (exact) mass is 331 g/mol. The van der Waals surface area contributed by atoms with Crippen molar-refractivity contribution in [3.8, 4) is 6.07 Å². The van der Waals surface area contributed by atoms with E-state index in [4.69, 9.17) is 5.26 Å². The van der Waals surface area contributed by atoms with Crippen LogP contribution in [0.15, 0.2) is 22.4 Å². The Morgan fingerprint density at radius 3 is 2.93 bits per heavy atom. The lowest BCUT2D eigenvalue weighted by molar-refractivity contribution is 1.48. The van der Waals surface area contributed by atoms with E-state index in [9.17, 15) is 0 Å². The maximum Gasteiger partial charge on any atom is 0.100 e. The molecule has 0 fully saturated rings. The SMILES string of the molecule is CSc1cc2c(I)c(C#N)ccc2s1. The third-order valence-electron chi connectivity index (χ3n) is 1.93. The van der Waals surface area contributed by atoms with Crippen LogP contribution in [-0.2, 0) is 0 Å². The normalized spacial score (nSPS) is 10.4. The molecule has 1 nitrogen and oxygen atoms in total. The van der Waals surface area contributed by atoms with Gasteiger partial charge in [-0.3, -0.25) is 0 Å². The van der Waals surface area contributed by atoms with Crippen LogP contribution in [0, 0.1) is 14.9 Å². The van der Waals surface area contributed by atoms with E-state index in [2.05, 4.69) is 41.0 Å². The van der Waals surface area contributed by atoms with Crippen molar-refractivity contribution in [2.24, 2.45) is 0 Å². The van der Waals surface area contributed by atoms with E-state index < -0.39 is 0 Å². The highest BCUT2D eigenvalue weighted by molar-refractivity contribution is 14.1. The molecule has 1 aromatic heterocycles. The molecule has 0 atom stereocenters. The van der Waals surface area contributed by atoms with Crippen molar-refractivity contribution in [3.05, 3.63) is 27.3 Å². The van der Waals surface area contributed by atoms with E-state index in [1.54, 1.807) is 23.1 Å². The highest BCUT2D eigenvalue weighted by Crippen LogP contribution is 2.35. The fourth-order valence-corrected chi connectivity index (χ4v) is 3.81. The zero-order valence-electron chi connectivity index (χ0n) is 7.37.